The Morgan fingerprint density at radius 1 is 0.647 bits per heavy atom. The van der Waals surface area contributed by atoms with Gasteiger partial charge in [-0.2, -0.15) is 0 Å². The molecular formula is C2H25ClMn2O12. The van der Waals surface area contributed by atoms with Crippen molar-refractivity contribution in [1.82, 2.24) is 0 Å². The van der Waals surface area contributed by atoms with Crippen molar-refractivity contribution in [3.8, 4) is 0 Å². The molecule has 0 aliphatic carbocycles. The minimum Gasteiger partial charge on any atom is -0.481 e. The zero-order valence-corrected chi connectivity index (χ0v) is 11.7. The van der Waals surface area contributed by atoms with Gasteiger partial charge in [0, 0.05) is 41.1 Å². The maximum atomic E-state index is 9.00. The molecule has 0 heterocycles. The maximum Gasteiger partial charge on any atom is 0.300 e. The number of carboxylic acids is 1. The van der Waals surface area contributed by atoms with Gasteiger partial charge in [-0.15, -0.1) is 12.4 Å². The van der Waals surface area contributed by atoms with E-state index in [9.17, 15) is 0 Å². The number of carbonyl (C=O) groups is 1. The third-order valence-electron chi connectivity index (χ3n) is 0. The molecule has 0 atom stereocenters. The van der Waals surface area contributed by atoms with Crippen LogP contribution in [0, 0.1) is 0 Å². The van der Waals surface area contributed by atoms with Gasteiger partial charge < -0.3 is 59.9 Å². The summed E-state index contributed by atoms with van der Waals surface area (Å²) in [5, 5.41) is 7.42. The average molecular weight is 387 g/mol. The van der Waals surface area contributed by atoms with Crippen LogP contribution in [-0.4, -0.2) is 65.8 Å². The largest absolute Gasteiger partial charge is 0.481 e. The van der Waals surface area contributed by atoms with Crippen molar-refractivity contribution in [2.45, 2.75) is 6.92 Å². The fourth-order valence-corrected chi connectivity index (χ4v) is 0. The molecule has 15 heteroatoms. The van der Waals surface area contributed by atoms with E-state index in [4.69, 9.17) is 9.90 Å². The van der Waals surface area contributed by atoms with Gasteiger partial charge >= 0.3 is 0 Å². The third kappa shape index (κ3) is 21400. The van der Waals surface area contributed by atoms with Crippen molar-refractivity contribution in [3.05, 3.63) is 0 Å². The molecule has 0 aromatic heterocycles. The summed E-state index contributed by atoms with van der Waals surface area (Å²) in [5.74, 6) is -0.833. The summed E-state index contributed by atoms with van der Waals surface area (Å²) in [7, 11) is 0. The van der Waals surface area contributed by atoms with E-state index < -0.39 is 5.97 Å². The fourth-order valence-electron chi connectivity index (χ4n) is 0. The second kappa shape index (κ2) is 337. The van der Waals surface area contributed by atoms with Gasteiger partial charge in [0.05, 0.1) is 0 Å². The van der Waals surface area contributed by atoms with Crippen LogP contribution >= 0.6 is 12.4 Å². The zero-order valence-electron chi connectivity index (χ0n) is 8.52. The Hall–Kier alpha value is 0.399. The van der Waals surface area contributed by atoms with E-state index in [0.29, 0.717) is 0 Å². The van der Waals surface area contributed by atoms with E-state index in [1.165, 1.54) is 0 Å². The predicted octanol–water partition coefficient (Wildman–Crippen LogP) is -7.74. The van der Waals surface area contributed by atoms with Crippen LogP contribution in [-0.2, 0) is 38.9 Å². The maximum absolute atomic E-state index is 9.00. The van der Waals surface area contributed by atoms with Crippen LogP contribution in [0.2, 0.25) is 0 Å². The van der Waals surface area contributed by atoms with E-state index >= 15 is 0 Å². The van der Waals surface area contributed by atoms with Crippen LogP contribution in [0.4, 0.5) is 0 Å². The van der Waals surface area contributed by atoms with Gasteiger partial charge in [0.2, 0.25) is 0 Å². The summed E-state index contributed by atoms with van der Waals surface area (Å²) in [4.78, 5) is 9.00. The van der Waals surface area contributed by atoms with Crippen LogP contribution in [0.15, 0.2) is 0 Å². The van der Waals surface area contributed by atoms with Crippen molar-refractivity contribution in [1.29, 1.82) is 0 Å². The second-order valence-electron chi connectivity index (χ2n) is 0.519. The van der Waals surface area contributed by atoms with E-state index in [1.54, 1.807) is 0 Å². The molecule has 17 heavy (non-hydrogen) atoms. The molecule has 0 bridgehead atoms. The van der Waals surface area contributed by atoms with Gasteiger partial charge in [-0.3, -0.25) is 4.79 Å². The van der Waals surface area contributed by atoms with Crippen LogP contribution in [0.1, 0.15) is 6.92 Å². The molecule has 0 fully saturated rings. The third-order valence-corrected chi connectivity index (χ3v) is 0. The number of rotatable bonds is 0. The van der Waals surface area contributed by atoms with Crippen molar-refractivity contribution in [2.75, 3.05) is 0 Å². The molecule has 126 valence electrons. The molecule has 0 spiro atoms. The molecule has 0 aliphatic rings. The topological polar surface area (TPSA) is 352 Å². The van der Waals surface area contributed by atoms with Gasteiger partial charge in [-0.1, -0.05) is 0 Å². The first kappa shape index (κ1) is 405. The molecule has 0 rings (SSSR count). The van der Waals surface area contributed by atoms with Crippen molar-refractivity contribution in [2.24, 2.45) is 0 Å². The Morgan fingerprint density at radius 2 is 0.647 bits per heavy atom. The minimum atomic E-state index is -0.833. The summed E-state index contributed by atoms with van der Waals surface area (Å²) in [6.45, 7) is 1.08. The summed E-state index contributed by atoms with van der Waals surface area (Å²) in [6, 6.07) is 0. The average Bonchev–Trinajstić information content (AvgIpc) is 0.811. The summed E-state index contributed by atoms with van der Waals surface area (Å²) in [6.07, 6.45) is 0. The van der Waals surface area contributed by atoms with Crippen LogP contribution in [0.25, 0.3) is 0 Å². The molecule has 21 N–H and O–H groups in total. The molecule has 0 saturated carbocycles. The Labute approximate surface area is 124 Å². The first-order valence-corrected chi connectivity index (χ1v) is 0.928. The molecule has 0 aromatic carbocycles. The van der Waals surface area contributed by atoms with E-state index in [-0.39, 0.29) is 101 Å². The van der Waals surface area contributed by atoms with Crippen molar-refractivity contribution >= 4 is 18.4 Å². The van der Waals surface area contributed by atoms with Gasteiger partial charge in [0.25, 0.3) is 5.97 Å². The first-order chi connectivity index (χ1) is 1.73. The number of hydrogen-bond donors (Lipinski definition) is 1. The number of hydrogen-bond acceptors (Lipinski definition) is 1. The van der Waals surface area contributed by atoms with Gasteiger partial charge in [0.1, 0.15) is 0 Å². The summed E-state index contributed by atoms with van der Waals surface area (Å²) >= 11 is 0. The molecule has 2 radical (unpaired) electrons. The van der Waals surface area contributed by atoms with E-state index in [0.717, 1.165) is 6.92 Å². The monoisotopic (exact) mass is 386 g/mol. The predicted molar refractivity (Wildman–Crippen MR) is 56.7 cm³/mol. The summed E-state index contributed by atoms with van der Waals surface area (Å²) in [5.41, 5.74) is 0. The van der Waals surface area contributed by atoms with Gasteiger partial charge in [-0.05, 0) is 0 Å². The molecule has 0 aliphatic heterocycles. The zero-order chi connectivity index (χ0) is 3.58. The minimum absolute atomic E-state index is 0. The van der Waals surface area contributed by atoms with Gasteiger partial charge in [0.15, 0.2) is 0 Å². The van der Waals surface area contributed by atoms with Crippen LogP contribution < -0.4 is 0 Å². The normalized spacial score (nSPS) is 1.47. The Bertz CT molecular complexity index is 45.5. The standard InChI is InChI=1S/C2H4O2.ClH.2Mn.10H2O/c1-2(3)4;;;;;;;;;;;;;/h1H3,(H,3,4);1H;;;10*1H2. The van der Waals surface area contributed by atoms with Crippen LogP contribution in [0.3, 0.4) is 0 Å². The smallest absolute Gasteiger partial charge is 0.300 e. The molecule has 0 aromatic rings. The number of aliphatic carboxylic acids is 1. The number of halogens is 1. The first-order valence-electron chi connectivity index (χ1n) is 0.928. The molecule has 12 nitrogen and oxygen atoms in total. The SMILES string of the molecule is CC(=O)O.Cl.O.O.O.O.O.O.O.O.O.O.[Mn].[Mn]. The Balaban J connectivity index is -0.000000000577. The van der Waals surface area contributed by atoms with Crippen molar-refractivity contribution < 1.29 is 98.8 Å². The fraction of sp³-hybridized carbons (Fsp3) is 0.500. The molecule has 0 saturated heterocycles. The van der Waals surface area contributed by atoms with Gasteiger partial charge in [-0.25, -0.2) is 0 Å². The number of carboxylic acid groups (broad SMARTS) is 1. The van der Waals surface area contributed by atoms with E-state index in [1.807, 2.05) is 0 Å². The van der Waals surface area contributed by atoms with Crippen LogP contribution in [0.5, 0.6) is 0 Å². The summed E-state index contributed by atoms with van der Waals surface area (Å²) < 4.78 is 0. The quantitative estimate of drug-likeness (QED) is 0.396. The molecule has 0 unspecified atom stereocenters. The molecular weight excluding hydrogens is 361 g/mol. The second-order valence-corrected chi connectivity index (χ2v) is 0.519. The van der Waals surface area contributed by atoms with Crippen molar-refractivity contribution in [3.63, 3.8) is 0 Å². The molecule has 0 amide bonds. The Kier molecular flexibility index (Phi) is 8020. The van der Waals surface area contributed by atoms with E-state index in [2.05, 4.69) is 0 Å². The Morgan fingerprint density at radius 3 is 0.647 bits per heavy atom.